The Kier molecular flexibility index (Phi) is 5.23. The Morgan fingerprint density at radius 2 is 1.96 bits per heavy atom. The lowest BCUT2D eigenvalue weighted by Gasteiger charge is -2.42. The van der Waals surface area contributed by atoms with Crippen molar-refractivity contribution in [2.45, 2.75) is 47.1 Å². The molecule has 1 heterocycles. The van der Waals surface area contributed by atoms with Crippen molar-refractivity contribution in [3.8, 4) is 0 Å². The van der Waals surface area contributed by atoms with Crippen LogP contribution in [0.25, 0.3) is 0 Å². The van der Waals surface area contributed by atoms with Gasteiger partial charge in [-0.05, 0) is 30.0 Å². The van der Waals surface area contributed by atoms with E-state index in [-0.39, 0.29) is 28.8 Å². The molecular weight excluding hydrogens is 321 g/mol. The SMILES string of the molecule is CC(C)(C)C(=O)Nc1ccc(F)c(C(=O)N2CCC(N)C(C)(C)C2)c1. The average Bonchev–Trinajstić information content (AvgIpc) is 2.50. The lowest BCUT2D eigenvalue weighted by Crippen LogP contribution is -2.54. The van der Waals surface area contributed by atoms with E-state index in [1.807, 2.05) is 13.8 Å². The lowest BCUT2D eigenvalue weighted by atomic mass is 9.79. The van der Waals surface area contributed by atoms with E-state index in [0.29, 0.717) is 25.2 Å². The van der Waals surface area contributed by atoms with E-state index in [4.69, 9.17) is 5.73 Å². The van der Waals surface area contributed by atoms with Crippen molar-refractivity contribution < 1.29 is 14.0 Å². The molecule has 6 heteroatoms. The lowest BCUT2D eigenvalue weighted by molar-refractivity contribution is -0.123. The average molecular weight is 349 g/mol. The summed E-state index contributed by atoms with van der Waals surface area (Å²) in [5, 5.41) is 2.73. The summed E-state index contributed by atoms with van der Waals surface area (Å²) in [4.78, 5) is 26.5. The van der Waals surface area contributed by atoms with Crippen LogP contribution in [-0.4, -0.2) is 35.8 Å². The van der Waals surface area contributed by atoms with Crippen LogP contribution in [-0.2, 0) is 4.79 Å². The number of nitrogens with zero attached hydrogens (tertiary/aromatic N) is 1. The number of hydrogen-bond acceptors (Lipinski definition) is 3. The van der Waals surface area contributed by atoms with Gasteiger partial charge >= 0.3 is 0 Å². The largest absolute Gasteiger partial charge is 0.338 e. The monoisotopic (exact) mass is 349 g/mol. The predicted octanol–water partition coefficient (Wildman–Crippen LogP) is 3.01. The second-order valence-corrected chi connectivity index (χ2v) is 8.51. The molecule has 5 nitrogen and oxygen atoms in total. The first-order chi connectivity index (χ1) is 11.4. The number of amides is 2. The van der Waals surface area contributed by atoms with Gasteiger partial charge in [0.25, 0.3) is 5.91 Å². The molecule has 1 saturated heterocycles. The fraction of sp³-hybridized carbons (Fsp3) is 0.579. The van der Waals surface area contributed by atoms with E-state index in [0.717, 1.165) is 0 Å². The van der Waals surface area contributed by atoms with E-state index in [9.17, 15) is 14.0 Å². The number of piperidine rings is 1. The summed E-state index contributed by atoms with van der Waals surface area (Å²) >= 11 is 0. The van der Waals surface area contributed by atoms with Gasteiger partial charge in [0, 0.05) is 30.2 Å². The molecule has 138 valence electrons. The number of rotatable bonds is 2. The van der Waals surface area contributed by atoms with Gasteiger partial charge < -0.3 is 16.0 Å². The van der Waals surface area contributed by atoms with E-state index < -0.39 is 11.2 Å². The van der Waals surface area contributed by atoms with Crippen LogP contribution < -0.4 is 11.1 Å². The van der Waals surface area contributed by atoms with Crippen molar-refractivity contribution in [3.63, 3.8) is 0 Å². The van der Waals surface area contributed by atoms with Gasteiger partial charge in [-0.3, -0.25) is 9.59 Å². The minimum atomic E-state index is -0.591. The zero-order valence-corrected chi connectivity index (χ0v) is 15.6. The molecule has 25 heavy (non-hydrogen) atoms. The highest BCUT2D eigenvalue weighted by Gasteiger charge is 2.36. The minimum Gasteiger partial charge on any atom is -0.338 e. The number of nitrogens with one attached hydrogen (secondary N) is 1. The summed E-state index contributed by atoms with van der Waals surface area (Å²) in [5.41, 5.74) is 5.69. The molecule has 1 unspecified atom stereocenters. The molecule has 0 radical (unpaired) electrons. The molecule has 1 atom stereocenters. The number of carbonyl (C=O) groups excluding carboxylic acids is 2. The van der Waals surface area contributed by atoms with Crippen molar-refractivity contribution in [2.75, 3.05) is 18.4 Å². The van der Waals surface area contributed by atoms with Crippen LogP contribution in [0.15, 0.2) is 18.2 Å². The first-order valence-electron chi connectivity index (χ1n) is 8.58. The predicted molar refractivity (Wildman–Crippen MR) is 96.8 cm³/mol. The topological polar surface area (TPSA) is 75.4 Å². The zero-order chi connectivity index (χ0) is 19.0. The summed E-state index contributed by atoms with van der Waals surface area (Å²) in [7, 11) is 0. The maximum Gasteiger partial charge on any atom is 0.256 e. The number of anilines is 1. The molecule has 1 aromatic carbocycles. The number of benzene rings is 1. The summed E-state index contributed by atoms with van der Waals surface area (Å²) in [6.07, 6.45) is 0.681. The van der Waals surface area contributed by atoms with Crippen LogP contribution in [0, 0.1) is 16.6 Å². The minimum absolute atomic E-state index is 0.0128. The summed E-state index contributed by atoms with van der Waals surface area (Å²) in [5.74, 6) is -1.15. The van der Waals surface area contributed by atoms with E-state index in [2.05, 4.69) is 5.32 Å². The summed E-state index contributed by atoms with van der Waals surface area (Å²) < 4.78 is 14.2. The van der Waals surface area contributed by atoms with Crippen molar-refractivity contribution in [1.29, 1.82) is 0 Å². The van der Waals surface area contributed by atoms with Crippen LogP contribution in [0.1, 0.15) is 51.4 Å². The van der Waals surface area contributed by atoms with Crippen LogP contribution in [0.3, 0.4) is 0 Å². The van der Waals surface area contributed by atoms with Crippen molar-refractivity contribution in [2.24, 2.45) is 16.6 Å². The normalized spacial score (nSPS) is 20.3. The van der Waals surface area contributed by atoms with Gasteiger partial charge in [0.15, 0.2) is 0 Å². The molecule has 1 fully saturated rings. The number of hydrogen-bond donors (Lipinski definition) is 2. The van der Waals surface area contributed by atoms with Gasteiger partial charge in [0.05, 0.1) is 5.56 Å². The smallest absolute Gasteiger partial charge is 0.256 e. The summed E-state index contributed by atoms with van der Waals surface area (Å²) in [6.45, 7) is 10.4. The Morgan fingerprint density at radius 1 is 1.32 bits per heavy atom. The quantitative estimate of drug-likeness (QED) is 0.862. The fourth-order valence-corrected chi connectivity index (χ4v) is 2.80. The van der Waals surface area contributed by atoms with Gasteiger partial charge in [-0.15, -0.1) is 0 Å². The molecule has 1 aromatic rings. The van der Waals surface area contributed by atoms with Gasteiger partial charge in [0.2, 0.25) is 5.91 Å². The Bertz CT molecular complexity index is 680. The highest BCUT2D eigenvalue weighted by atomic mass is 19.1. The van der Waals surface area contributed by atoms with Gasteiger partial charge in [-0.25, -0.2) is 4.39 Å². The van der Waals surface area contributed by atoms with Crippen molar-refractivity contribution >= 4 is 17.5 Å². The highest BCUT2D eigenvalue weighted by Crippen LogP contribution is 2.29. The Hall–Kier alpha value is -1.95. The molecule has 1 aliphatic heterocycles. The van der Waals surface area contributed by atoms with Crippen LogP contribution in [0.2, 0.25) is 0 Å². The standard InChI is InChI=1S/C19H28FN3O2/c1-18(2,3)17(25)22-12-6-7-14(20)13(10-12)16(24)23-9-8-15(21)19(4,5)11-23/h6-7,10,15H,8-9,11,21H2,1-5H3,(H,22,25). The molecular formula is C19H28FN3O2. The molecule has 2 amide bonds. The molecule has 3 N–H and O–H groups in total. The van der Waals surface area contributed by atoms with Crippen LogP contribution in [0.5, 0.6) is 0 Å². The third-order valence-corrected chi connectivity index (χ3v) is 4.74. The second-order valence-electron chi connectivity index (χ2n) is 8.51. The Morgan fingerprint density at radius 3 is 2.52 bits per heavy atom. The van der Waals surface area contributed by atoms with Gasteiger partial charge in [-0.1, -0.05) is 34.6 Å². The second kappa shape index (κ2) is 6.75. The Balaban J connectivity index is 2.22. The maximum absolute atomic E-state index is 14.2. The molecule has 0 aromatic heterocycles. The number of halogens is 1. The van der Waals surface area contributed by atoms with Crippen molar-refractivity contribution in [3.05, 3.63) is 29.6 Å². The number of nitrogens with two attached hydrogens (primary N) is 1. The maximum atomic E-state index is 14.2. The van der Waals surface area contributed by atoms with Crippen LogP contribution >= 0.6 is 0 Å². The van der Waals surface area contributed by atoms with Gasteiger partial charge in [0.1, 0.15) is 5.82 Å². The first kappa shape index (κ1) is 19.4. The molecule has 0 saturated carbocycles. The third kappa shape index (κ3) is 4.37. The Labute approximate surface area is 148 Å². The zero-order valence-electron chi connectivity index (χ0n) is 15.6. The van der Waals surface area contributed by atoms with E-state index >= 15 is 0 Å². The first-order valence-corrected chi connectivity index (χ1v) is 8.58. The third-order valence-electron chi connectivity index (χ3n) is 4.74. The highest BCUT2D eigenvalue weighted by molar-refractivity contribution is 5.98. The molecule has 0 bridgehead atoms. The number of carbonyl (C=O) groups is 2. The number of likely N-dealkylation sites (tertiary alicyclic amines) is 1. The molecule has 0 spiro atoms. The molecule has 0 aliphatic carbocycles. The summed E-state index contributed by atoms with van der Waals surface area (Å²) in [6, 6.07) is 4.10. The van der Waals surface area contributed by atoms with E-state index in [1.54, 1.807) is 25.7 Å². The van der Waals surface area contributed by atoms with Crippen molar-refractivity contribution in [1.82, 2.24) is 4.90 Å². The molecule has 2 rings (SSSR count). The molecule has 1 aliphatic rings. The van der Waals surface area contributed by atoms with Gasteiger partial charge in [-0.2, -0.15) is 0 Å². The fourth-order valence-electron chi connectivity index (χ4n) is 2.80. The van der Waals surface area contributed by atoms with Crippen LogP contribution in [0.4, 0.5) is 10.1 Å². The van der Waals surface area contributed by atoms with E-state index in [1.165, 1.54) is 18.2 Å².